The summed E-state index contributed by atoms with van der Waals surface area (Å²) in [6.45, 7) is 8.89. The molecule has 1 saturated heterocycles. The predicted octanol–water partition coefficient (Wildman–Crippen LogP) is 0.359. The molecule has 0 aromatic carbocycles. The highest BCUT2D eigenvalue weighted by Gasteiger charge is 2.23. The fourth-order valence-corrected chi connectivity index (χ4v) is 2.11. The summed E-state index contributed by atoms with van der Waals surface area (Å²) in [6.07, 6.45) is 1.59. The molecule has 0 aromatic rings. The van der Waals surface area contributed by atoms with Crippen LogP contribution in [0.5, 0.6) is 0 Å². The molecule has 5 nitrogen and oxygen atoms in total. The van der Waals surface area contributed by atoms with Gasteiger partial charge in [0.2, 0.25) is 11.8 Å². The van der Waals surface area contributed by atoms with Crippen LogP contribution in [0.1, 0.15) is 33.6 Å². The van der Waals surface area contributed by atoms with Crippen molar-refractivity contribution in [3.8, 4) is 0 Å². The highest BCUT2D eigenvalue weighted by atomic mass is 16.2. The Kier molecular flexibility index (Phi) is 6.12. The molecule has 0 aromatic heterocycles. The van der Waals surface area contributed by atoms with Crippen molar-refractivity contribution < 1.29 is 9.59 Å². The Labute approximate surface area is 109 Å². The molecule has 0 saturated carbocycles. The lowest BCUT2D eigenvalue weighted by molar-refractivity contribution is -0.129. The molecule has 2 N–H and O–H groups in total. The number of nitrogens with one attached hydrogen (secondary N) is 2. The van der Waals surface area contributed by atoms with E-state index < -0.39 is 0 Å². The lowest BCUT2D eigenvalue weighted by atomic mass is 10.1. The summed E-state index contributed by atoms with van der Waals surface area (Å²) >= 11 is 0. The highest BCUT2D eigenvalue weighted by molar-refractivity contribution is 5.79. The van der Waals surface area contributed by atoms with Gasteiger partial charge >= 0.3 is 0 Å². The molecule has 5 heteroatoms. The predicted molar refractivity (Wildman–Crippen MR) is 71.1 cm³/mol. The standard InChI is InChI=1S/C13H25N3O2/c1-4-14-8-10(2)13(18)15-11(3)9-16-7-5-6-12(16)17/h10-11,14H,4-9H2,1-3H3,(H,15,18). The largest absolute Gasteiger partial charge is 0.352 e. The Morgan fingerprint density at radius 1 is 1.44 bits per heavy atom. The van der Waals surface area contributed by atoms with E-state index in [4.69, 9.17) is 0 Å². The van der Waals surface area contributed by atoms with Crippen LogP contribution in [0.3, 0.4) is 0 Å². The molecule has 1 aliphatic heterocycles. The van der Waals surface area contributed by atoms with Crippen LogP contribution in [0.2, 0.25) is 0 Å². The van der Waals surface area contributed by atoms with Gasteiger partial charge in [0.15, 0.2) is 0 Å². The average Bonchev–Trinajstić information content (AvgIpc) is 2.71. The third kappa shape index (κ3) is 4.64. The van der Waals surface area contributed by atoms with E-state index in [1.165, 1.54) is 0 Å². The molecule has 0 spiro atoms. The van der Waals surface area contributed by atoms with Crippen LogP contribution < -0.4 is 10.6 Å². The Morgan fingerprint density at radius 2 is 2.17 bits per heavy atom. The van der Waals surface area contributed by atoms with Crippen LogP contribution in [-0.2, 0) is 9.59 Å². The van der Waals surface area contributed by atoms with Gasteiger partial charge in [0.1, 0.15) is 0 Å². The minimum absolute atomic E-state index is 0.0172. The zero-order chi connectivity index (χ0) is 13.5. The molecular weight excluding hydrogens is 230 g/mol. The van der Waals surface area contributed by atoms with Crippen molar-refractivity contribution >= 4 is 11.8 Å². The maximum Gasteiger partial charge on any atom is 0.224 e. The van der Waals surface area contributed by atoms with E-state index in [0.29, 0.717) is 19.5 Å². The number of hydrogen-bond donors (Lipinski definition) is 2. The monoisotopic (exact) mass is 255 g/mol. The minimum Gasteiger partial charge on any atom is -0.352 e. The molecular formula is C13H25N3O2. The van der Waals surface area contributed by atoms with Crippen molar-refractivity contribution in [2.45, 2.75) is 39.7 Å². The van der Waals surface area contributed by atoms with Gasteiger partial charge < -0.3 is 15.5 Å². The summed E-state index contributed by atoms with van der Waals surface area (Å²) in [6, 6.07) is 0.0172. The van der Waals surface area contributed by atoms with E-state index in [0.717, 1.165) is 19.5 Å². The van der Waals surface area contributed by atoms with Crippen LogP contribution in [0, 0.1) is 5.92 Å². The van der Waals surface area contributed by atoms with Crippen molar-refractivity contribution in [2.75, 3.05) is 26.2 Å². The topological polar surface area (TPSA) is 61.4 Å². The first-order valence-electron chi connectivity index (χ1n) is 6.83. The van der Waals surface area contributed by atoms with Gasteiger partial charge in [-0.25, -0.2) is 0 Å². The number of carbonyl (C=O) groups excluding carboxylic acids is 2. The van der Waals surface area contributed by atoms with Gasteiger partial charge in [-0.05, 0) is 19.9 Å². The third-order valence-electron chi connectivity index (χ3n) is 3.20. The van der Waals surface area contributed by atoms with Gasteiger partial charge in [0.25, 0.3) is 0 Å². The van der Waals surface area contributed by atoms with E-state index in [-0.39, 0.29) is 23.8 Å². The lowest BCUT2D eigenvalue weighted by Gasteiger charge is -2.23. The van der Waals surface area contributed by atoms with Gasteiger partial charge in [-0.1, -0.05) is 13.8 Å². The molecule has 2 atom stereocenters. The molecule has 2 unspecified atom stereocenters. The Balaban J connectivity index is 2.28. The SMILES string of the molecule is CCNCC(C)C(=O)NC(C)CN1CCCC1=O. The lowest BCUT2D eigenvalue weighted by Crippen LogP contribution is -2.45. The van der Waals surface area contributed by atoms with Crippen LogP contribution in [0.4, 0.5) is 0 Å². The van der Waals surface area contributed by atoms with Gasteiger partial charge in [0.05, 0.1) is 0 Å². The Bertz CT molecular complexity index is 294. The molecule has 1 aliphatic rings. The summed E-state index contributed by atoms with van der Waals surface area (Å²) in [7, 11) is 0. The first-order valence-corrected chi connectivity index (χ1v) is 6.83. The second-order valence-corrected chi connectivity index (χ2v) is 5.06. The van der Waals surface area contributed by atoms with Crippen molar-refractivity contribution in [3.63, 3.8) is 0 Å². The average molecular weight is 255 g/mol. The number of rotatable bonds is 7. The molecule has 104 valence electrons. The Morgan fingerprint density at radius 3 is 2.72 bits per heavy atom. The molecule has 1 fully saturated rings. The van der Waals surface area contributed by atoms with Crippen LogP contribution >= 0.6 is 0 Å². The summed E-state index contributed by atoms with van der Waals surface area (Å²) in [5.41, 5.74) is 0. The van der Waals surface area contributed by atoms with Gasteiger partial charge in [0, 0.05) is 38.0 Å². The van der Waals surface area contributed by atoms with Crippen LogP contribution in [0.25, 0.3) is 0 Å². The van der Waals surface area contributed by atoms with E-state index in [2.05, 4.69) is 10.6 Å². The minimum atomic E-state index is -0.0401. The first-order chi connectivity index (χ1) is 8.54. The van der Waals surface area contributed by atoms with E-state index >= 15 is 0 Å². The normalized spacial score (nSPS) is 18.8. The molecule has 1 heterocycles. The van der Waals surface area contributed by atoms with Crippen LogP contribution in [-0.4, -0.2) is 48.9 Å². The maximum atomic E-state index is 11.9. The zero-order valence-electron chi connectivity index (χ0n) is 11.7. The summed E-state index contributed by atoms with van der Waals surface area (Å²) in [5.74, 6) is 0.216. The molecule has 0 aliphatic carbocycles. The van der Waals surface area contributed by atoms with Crippen molar-refractivity contribution in [1.82, 2.24) is 15.5 Å². The van der Waals surface area contributed by atoms with E-state index in [9.17, 15) is 9.59 Å². The molecule has 1 rings (SSSR count). The number of hydrogen-bond acceptors (Lipinski definition) is 3. The fraction of sp³-hybridized carbons (Fsp3) is 0.846. The summed E-state index contributed by atoms with van der Waals surface area (Å²) in [4.78, 5) is 25.2. The summed E-state index contributed by atoms with van der Waals surface area (Å²) in [5, 5.41) is 6.12. The number of amides is 2. The second kappa shape index (κ2) is 7.36. The zero-order valence-corrected chi connectivity index (χ0v) is 11.7. The molecule has 2 amide bonds. The number of nitrogens with zero attached hydrogens (tertiary/aromatic N) is 1. The highest BCUT2D eigenvalue weighted by Crippen LogP contribution is 2.09. The smallest absolute Gasteiger partial charge is 0.224 e. The van der Waals surface area contributed by atoms with E-state index in [1.807, 2.05) is 25.7 Å². The first kappa shape index (κ1) is 15.0. The number of carbonyl (C=O) groups is 2. The molecule has 0 bridgehead atoms. The van der Waals surface area contributed by atoms with Crippen molar-refractivity contribution in [1.29, 1.82) is 0 Å². The third-order valence-corrected chi connectivity index (χ3v) is 3.20. The van der Waals surface area contributed by atoms with Crippen molar-refractivity contribution in [2.24, 2.45) is 5.92 Å². The molecule has 0 radical (unpaired) electrons. The van der Waals surface area contributed by atoms with Gasteiger partial charge in [-0.15, -0.1) is 0 Å². The van der Waals surface area contributed by atoms with Crippen molar-refractivity contribution in [3.05, 3.63) is 0 Å². The maximum absolute atomic E-state index is 11.9. The van der Waals surface area contributed by atoms with Gasteiger partial charge in [-0.2, -0.15) is 0 Å². The summed E-state index contributed by atoms with van der Waals surface area (Å²) < 4.78 is 0. The number of likely N-dealkylation sites (tertiary alicyclic amines) is 1. The van der Waals surface area contributed by atoms with E-state index in [1.54, 1.807) is 0 Å². The van der Waals surface area contributed by atoms with Crippen LogP contribution in [0.15, 0.2) is 0 Å². The quantitative estimate of drug-likeness (QED) is 0.690. The fourth-order valence-electron chi connectivity index (χ4n) is 2.11. The molecule has 18 heavy (non-hydrogen) atoms. The second-order valence-electron chi connectivity index (χ2n) is 5.06. The van der Waals surface area contributed by atoms with Gasteiger partial charge in [-0.3, -0.25) is 9.59 Å². The Hall–Kier alpha value is -1.10.